The standard InChI is InChI=1S/C16H21N5O2S/c1-10-3-4-11-13(7-10)24-16(19-11)20-14(22)9-21(2)15(23)12-8-17-5-6-18-12/h3-4,7,12,17-18H,5-6,8-9H2,1-2H3,(H,19,20,22)/t12-/m0/s1. The highest BCUT2D eigenvalue weighted by Crippen LogP contribution is 2.26. The zero-order valence-corrected chi connectivity index (χ0v) is 14.6. The van der Waals surface area contributed by atoms with Gasteiger partial charge in [0.2, 0.25) is 11.8 Å². The summed E-state index contributed by atoms with van der Waals surface area (Å²) in [5.41, 5.74) is 2.02. The van der Waals surface area contributed by atoms with Gasteiger partial charge in [0, 0.05) is 26.7 Å². The van der Waals surface area contributed by atoms with Gasteiger partial charge in [0.1, 0.15) is 0 Å². The van der Waals surface area contributed by atoms with Crippen molar-refractivity contribution in [3.05, 3.63) is 23.8 Å². The molecule has 0 radical (unpaired) electrons. The number of thiazole rings is 1. The van der Waals surface area contributed by atoms with Crippen molar-refractivity contribution in [2.24, 2.45) is 0 Å². The topological polar surface area (TPSA) is 86.4 Å². The lowest BCUT2D eigenvalue weighted by Gasteiger charge is -2.27. The normalized spacial score (nSPS) is 17.7. The SMILES string of the molecule is Cc1ccc2nc(NC(=O)CN(C)C(=O)[C@@H]3CNCCN3)sc2c1. The van der Waals surface area contributed by atoms with Gasteiger partial charge < -0.3 is 20.9 Å². The molecular formula is C16H21N5O2S. The zero-order chi connectivity index (χ0) is 17.1. The van der Waals surface area contributed by atoms with Crippen LogP contribution in [0.25, 0.3) is 10.2 Å². The minimum atomic E-state index is -0.276. The summed E-state index contributed by atoms with van der Waals surface area (Å²) in [4.78, 5) is 30.3. The summed E-state index contributed by atoms with van der Waals surface area (Å²) in [5.74, 6) is -0.331. The third kappa shape index (κ3) is 3.89. The zero-order valence-electron chi connectivity index (χ0n) is 13.8. The van der Waals surface area contributed by atoms with Crippen LogP contribution in [-0.2, 0) is 9.59 Å². The van der Waals surface area contributed by atoms with Crippen LogP contribution in [0.2, 0.25) is 0 Å². The van der Waals surface area contributed by atoms with Gasteiger partial charge in [-0.25, -0.2) is 4.98 Å². The second kappa shape index (κ2) is 7.25. The van der Waals surface area contributed by atoms with E-state index in [1.165, 1.54) is 16.2 Å². The number of aryl methyl sites for hydroxylation is 1. The van der Waals surface area contributed by atoms with Crippen molar-refractivity contribution in [1.82, 2.24) is 20.5 Å². The number of benzene rings is 1. The number of hydrogen-bond donors (Lipinski definition) is 3. The number of nitrogens with one attached hydrogen (secondary N) is 3. The molecule has 1 saturated heterocycles. The molecule has 2 amide bonds. The Hall–Kier alpha value is -2.03. The predicted molar refractivity (Wildman–Crippen MR) is 95.3 cm³/mol. The van der Waals surface area contributed by atoms with Crippen LogP contribution in [0, 0.1) is 6.92 Å². The first-order chi connectivity index (χ1) is 11.5. The number of aromatic nitrogens is 1. The van der Waals surface area contributed by atoms with E-state index < -0.39 is 0 Å². The van der Waals surface area contributed by atoms with Crippen molar-refractivity contribution in [1.29, 1.82) is 0 Å². The number of hydrogen-bond acceptors (Lipinski definition) is 6. The van der Waals surface area contributed by atoms with Gasteiger partial charge in [-0.15, -0.1) is 0 Å². The number of piperazine rings is 1. The molecule has 1 aliphatic heterocycles. The number of carbonyl (C=O) groups excluding carboxylic acids is 2. The second-order valence-corrected chi connectivity index (χ2v) is 6.97. The second-order valence-electron chi connectivity index (χ2n) is 5.94. The molecule has 0 saturated carbocycles. The quantitative estimate of drug-likeness (QED) is 0.753. The first kappa shape index (κ1) is 16.8. The summed E-state index contributed by atoms with van der Waals surface area (Å²) in [7, 11) is 1.64. The molecule has 0 aliphatic carbocycles. The van der Waals surface area contributed by atoms with Crippen LogP contribution in [0.1, 0.15) is 5.56 Å². The average molecular weight is 347 g/mol. The highest BCUT2D eigenvalue weighted by molar-refractivity contribution is 7.22. The molecule has 0 bridgehead atoms. The maximum absolute atomic E-state index is 12.3. The molecule has 3 N–H and O–H groups in total. The summed E-state index contributed by atoms with van der Waals surface area (Å²) in [6, 6.07) is 5.70. The third-order valence-corrected chi connectivity index (χ3v) is 4.82. The number of carbonyl (C=O) groups is 2. The Morgan fingerprint density at radius 2 is 2.25 bits per heavy atom. The fraction of sp³-hybridized carbons (Fsp3) is 0.438. The van der Waals surface area contributed by atoms with Gasteiger partial charge in [0.25, 0.3) is 0 Å². The highest BCUT2D eigenvalue weighted by Gasteiger charge is 2.24. The van der Waals surface area contributed by atoms with Gasteiger partial charge in [0.15, 0.2) is 5.13 Å². The van der Waals surface area contributed by atoms with Crippen molar-refractivity contribution >= 4 is 38.5 Å². The molecule has 1 atom stereocenters. The van der Waals surface area contributed by atoms with Gasteiger partial charge in [0.05, 0.1) is 22.8 Å². The van der Waals surface area contributed by atoms with E-state index in [9.17, 15) is 9.59 Å². The summed E-state index contributed by atoms with van der Waals surface area (Å²) in [6.45, 7) is 4.22. The highest BCUT2D eigenvalue weighted by atomic mass is 32.1. The Morgan fingerprint density at radius 1 is 1.42 bits per heavy atom. The van der Waals surface area contributed by atoms with E-state index in [0.717, 1.165) is 28.9 Å². The molecule has 3 rings (SSSR count). The first-order valence-corrected chi connectivity index (χ1v) is 8.71. The lowest BCUT2D eigenvalue weighted by Crippen LogP contribution is -2.56. The summed E-state index contributed by atoms with van der Waals surface area (Å²) in [6.07, 6.45) is 0. The van der Waals surface area contributed by atoms with E-state index >= 15 is 0 Å². The number of rotatable bonds is 4. The lowest BCUT2D eigenvalue weighted by atomic mass is 10.2. The van der Waals surface area contributed by atoms with Crippen molar-refractivity contribution in [2.45, 2.75) is 13.0 Å². The molecule has 1 aliphatic rings. The molecule has 8 heteroatoms. The molecular weight excluding hydrogens is 326 g/mol. The summed E-state index contributed by atoms with van der Waals surface area (Å²) >= 11 is 1.43. The molecule has 1 fully saturated rings. The predicted octanol–water partition coefficient (Wildman–Crippen LogP) is 0.563. The molecule has 0 spiro atoms. The maximum atomic E-state index is 12.3. The van der Waals surface area contributed by atoms with Crippen molar-refractivity contribution in [3.8, 4) is 0 Å². The number of nitrogens with zero attached hydrogens (tertiary/aromatic N) is 2. The van der Waals surface area contributed by atoms with Gasteiger partial charge in [-0.3, -0.25) is 9.59 Å². The van der Waals surface area contributed by atoms with E-state index in [2.05, 4.69) is 20.9 Å². The van der Waals surface area contributed by atoms with Crippen LogP contribution in [-0.4, -0.2) is 61.0 Å². The van der Waals surface area contributed by atoms with E-state index in [1.807, 2.05) is 25.1 Å². The Morgan fingerprint density at radius 3 is 3.00 bits per heavy atom. The minimum Gasteiger partial charge on any atom is -0.335 e. The van der Waals surface area contributed by atoms with Gasteiger partial charge >= 0.3 is 0 Å². The van der Waals surface area contributed by atoms with Gasteiger partial charge in [-0.2, -0.15) is 0 Å². The largest absolute Gasteiger partial charge is 0.335 e. The molecule has 1 aromatic heterocycles. The van der Waals surface area contributed by atoms with Crippen molar-refractivity contribution in [3.63, 3.8) is 0 Å². The fourth-order valence-corrected chi connectivity index (χ4v) is 3.61. The van der Waals surface area contributed by atoms with Crippen LogP contribution in [0.5, 0.6) is 0 Å². The number of fused-ring (bicyclic) bond motifs is 1. The summed E-state index contributed by atoms with van der Waals surface area (Å²) in [5, 5.41) is 9.65. The summed E-state index contributed by atoms with van der Waals surface area (Å²) < 4.78 is 1.03. The Balaban J connectivity index is 1.58. The minimum absolute atomic E-state index is 0.00592. The van der Waals surface area contributed by atoms with E-state index in [-0.39, 0.29) is 24.4 Å². The molecule has 7 nitrogen and oxygen atoms in total. The molecule has 2 heterocycles. The lowest BCUT2D eigenvalue weighted by molar-refractivity contribution is -0.135. The van der Waals surface area contributed by atoms with E-state index in [1.54, 1.807) is 7.05 Å². The van der Waals surface area contributed by atoms with Crippen LogP contribution in [0.4, 0.5) is 5.13 Å². The molecule has 1 aromatic carbocycles. The van der Waals surface area contributed by atoms with E-state index in [0.29, 0.717) is 11.7 Å². The average Bonchev–Trinajstić information content (AvgIpc) is 2.95. The van der Waals surface area contributed by atoms with Gasteiger partial charge in [-0.1, -0.05) is 17.4 Å². The molecule has 0 unspecified atom stereocenters. The van der Waals surface area contributed by atoms with Crippen LogP contribution >= 0.6 is 11.3 Å². The number of likely N-dealkylation sites (N-methyl/N-ethyl adjacent to an activating group) is 1. The third-order valence-electron chi connectivity index (χ3n) is 3.89. The number of amides is 2. The van der Waals surface area contributed by atoms with Crippen LogP contribution in [0.3, 0.4) is 0 Å². The number of anilines is 1. The monoisotopic (exact) mass is 347 g/mol. The van der Waals surface area contributed by atoms with Crippen LogP contribution < -0.4 is 16.0 Å². The maximum Gasteiger partial charge on any atom is 0.245 e. The van der Waals surface area contributed by atoms with Crippen molar-refractivity contribution < 1.29 is 9.59 Å². The molecule has 128 valence electrons. The Kier molecular flexibility index (Phi) is 5.08. The molecule has 24 heavy (non-hydrogen) atoms. The first-order valence-electron chi connectivity index (χ1n) is 7.89. The van der Waals surface area contributed by atoms with Crippen molar-refractivity contribution in [2.75, 3.05) is 38.5 Å². The fourth-order valence-electron chi connectivity index (χ4n) is 2.63. The van der Waals surface area contributed by atoms with E-state index in [4.69, 9.17) is 0 Å². The Bertz CT molecular complexity index is 754. The Labute approximate surface area is 144 Å². The molecule has 2 aromatic rings. The smallest absolute Gasteiger partial charge is 0.245 e. The van der Waals surface area contributed by atoms with Gasteiger partial charge in [-0.05, 0) is 24.6 Å². The van der Waals surface area contributed by atoms with Crippen LogP contribution in [0.15, 0.2) is 18.2 Å².